The normalized spacial score (nSPS) is 12.4. The van der Waals surface area contributed by atoms with E-state index in [0.29, 0.717) is 13.0 Å². The van der Waals surface area contributed by atoms with E-state index >= 15 is 0 Å². The molecule has 1 atom stereocenters. The molecule has 1 aromatic rings. The summed E-state index contributed by atoms with van der Waals surface area (Å²) in [6.07, 6.45) is 0.559. The minimum absolute atomic E-state index is 0.344. The third-order valence-corrected chi connectivity index (χ3v) is 2.19. The smallest absolute Gasteiger partial charge is 0.306 e. The lowest BCUT2D eigenvalue weighted by molar-refractivity contribution is -0.141. The van der Waals surface area contributed by atoms with Crippen LogP contribution in [0.3, 0.4) is 0 Å². The second-order valence-corrected chi connectivity index (χ2v) is 3.47. The van der Waals surface area contributed by atoms with Crippen molar-refractivity contribution in [2.45, 2.75) is 19.9 Å². The van der Waals surface area contributed by atoms with Gasteiger partial charge in [-0.2, -0.15) is 0 Å². The first-order valence-corrected chi connectivity index (χ1v) is 4.64. The fourth-order valence-corrected chi connectivity index (χ4v) is 1.32. The van der Waals surface area contributed by atoms with Crippen molar-refractivity contribution in [1.29, 1.82) is 0 Å². The number of nitrogens with two attached hydrogens (primary N) is 1. The van der Waals surface area contributed by atoms with Gasteiger partial charge in [-0.1, -0.05) is 31.2 Å². The molecule has 0 amide bonds. The Hall–Kier alpha value is -1.35. The van der Waals surface area contributed by atoms with Gasteiger partial charge in [-0.3, -0.25) is 4.79 Å². The van der Waals surface area contributed by atoms with Crippen molar-refractivity contribution in [3.05, 3.63) is 35.4 Å². The summed E-state index contributed by atoms with van der Waals surface area (Å²) in [6.45, 7) is 2.20. The molecular formula is C11H15NO2. The molecule has 0 bridgehead atoms. The van der Waals surface area contributed by atoms with Crippen LogP contribution in [0, 0.1) is 5.92 Å². The van der Waals surface area contributed by atoms with Crippen LogP contribution >= 0.6 is 0 Å². The maximum absolute atomic E-state index is 10.6. The number of hydrogen-bond acceptors (Lipinski definition) is 2. The fraction of sp³-hybridized carbons (Fsp3) is 0.364. The molecule has 0 aliphatic heterocycles. The first-order chi connectivity index (χ1) is 6.63. The Morgan fingerprint density at radius 2 is 2.14 bits per heavy atom. The van der Waals surface area contributed by atoms with Gasteiger partial charge in [0.15, 0.2) is 0 Å². The maximum Gasteiger partial charge on any atom is 0.306 e. The van der Waals surface area contributed by atoms with Gasteiger partial charge in [0.2, 0.25) is 0 Å². The average molecular weight is 193 g/mol. The first-order valence-electron chi connectivity index (χ1n) is 4.64. The molecule has 14 heavy (non-hydrogen) atoms. The van der Waals surface area contributed by atoms with Crippen LogP contribution in [0.25, 0.3) is 0 Å². The zero-order valence-electron chi connectivity index (χ0n) is 8.23. The van der Waals surface area contributed by atoms with Crippen molar-refractivity contribution in [2.75, 3.05) is 0 Å². The summed E-state index contributed by atoms with van der Waals surface area (Å²) in [5, 5.41) is 8.75. The van der Waals surface area contributed by atoms with E-state index in [2.05, 4.69) is 0 Å². The molecule has 0 aliphatic carbocycles. The molecule has 0 saturated heterocycles. The summed E-state index contributed by atoms with van der Waals surface area (Å²) >= 11 is 0. The van der Waals surface area contributed by atoms with Crippen molar-refractivity contribution in [1.82, 2.24) is 0 Å². The Labute approximate surface area is 83.6 Å². The summed E-state index contributed by atoms with van der Waals surface area (Å²) in [6, 6.07) is 7.74. The molecule has 1 rings (SSSR count). The highest BCUT2D eigenvalue weighted by Crippen LogP contribution is 2.10. The molecule has 0 fully saturated rings. The Kier molecular flexibility index (Phi) is 3.65. The van der Waals surface area contributed by atoms with Crippen LogP contribution in [0.4, 0.5) is 0 Å². The first kappa shape index (κ1) is 10.7. The molecule has 0 radical (unpaired) electrons. The summed E-state index contributed by atoms with van der Waals surface area (Å²) in [5.41, 5.74) is 7.57. The lowest BCUT2D eigenvalue weighted by Gasteiger charge is -2.07. The van der Waals surface area contributed by atoms with Crippen molar-refractivity contribution < 1.29 is 9.90 Å². The molecule has 76 valence electrons. The Morgan fingerprint density at radius 1 is 1.50 bits per heavy atom. The number of rotatable bonds is 4. The monoisotopic (exact) mass is 193 g/mol. The van der Waals surface area contributed by atoms with Gasteiger partial charge in [0, 0.05) is 6.54 Å². The van der Waals surface area contributed by atoms with Crippen LogP contribution in [0.2, 0.25) is 0 Å². The molecule has 0 aliphatic rings. The molecule has 0 spiro atoms. The molecule has 3 N–H and O–H groups in total. The SMILES string of the molecule is C[C@@H](Cc1cccc(CN)c1)C(=O)O. The molecule has 3 heteroatoms. The largest absolute Gasteiger partial charge is 0.481 e. The zero-order chi connectivity index (χ0) is 10.6. The van der Waals surface area contributed by atoms with E-state index in [9.17, 15) is 4.79 Å². The van der Waals surface area contributed by atoms with E-state index in [1.54, 1.807) is 6.92 Å². The topological polar surface area (TPSA) is 63.3 Å². The van der Waals surface area contributed by atoms with Crippen molar-refractivity contribution in [3.8, 4) is 0 Å². The van der Waals surface area contributed by atoms with Gasteiger partial charge in [0.25, 0.3) is 0 Å². The van der Waals surface area contributed by atoms with Crippen LogP contribution in [0.5, 0.6) is 0 Å². The highest BCUT2D eigenvalue weighted by atomic mass is 16.4. The number of carboxylic acid groups (broad SMARTS) is 1. The van der Waals surface area contributed by atoms with E-state index in [0.717, 1.165) is 11.1 Å². The number of carbonyl (C=O) groups is 1. The molecule has 3 nitrogen and oxygen atoms in total. The minimum Gasteiger partial charge on any atom is -0.481 e. The van der Waals surface area contributed by atoms with Crippen molar-refractivity contribution >= 4 is 5.97 Å². The van der Waals surface area contributed by atoms with E-state index in [1.807, 2.05) is 24.3 Å². The predicted molar refractivity (Wildman–Crippen MR) is 54.8 cm³/mol. The Morgan fingerprint density at radius 3 is 2.71 bits per heavy atom. The number of hydrogen-bond donors (Lipinski definition) is 2. The van der Waals surface area contributed by atoms with Crippen molar-refractivity contribution in [2.24, 2.45) is 11.7 Å². The minimum atomic E-state index is -0.761. The van der Waals surface area contributed by atoms with Crippen LogP contribution in [-0.2, 0) is 17.8 Å². The lowest BCUT2D eigenvalue weighted by atomic mass is 10.00. The third-order valence-electron chi connectivity index (χ3n) is 2.19. The van der Waals surface area contributed by atoms with Gasteiger partial charge in [-0.15, -0.1) is 0 Å². The van der Waals surface area contributed by atoms with E-state index in [1.165, 1.54) is 0 Å². The average Bonchev–Trinajstić information content (AvgIpc) is 2.18. The summed E-state index contributed by atoms with van der Waals surface area (Å²) in [7, 11) is 0. The molecule has 1 aromatic carbocycles. The van der Waals surface area contributed by atoms with Gasteiger partial charge < -0.3 is 10.8 Å². The van der Waals surface area contributed by atoms with Gasteiger partial charge in [0.1, 0.15) is 0 Å². The van der Waals surface area contributed by atoms with Crippen LogP contribution in [0.1, 0.15) is 18.1 Å². The number of aliphatic carboxylic acids is 1. The van der Waals surface area contributed by atoms with E-state index in [-0.39, 0.29) is 5.92 Å². The van der Waals surface area contributed by atoms with Crippen molar-refractivity contribution in [3.63, 3.8) is 0 Å². The van der Waals surface area contributed by atoms with E-state index < -0.39 is 5.97 Å². The Bertz CT molecular complexity index is 323. The van der Waals surface area contributed by atoms with Crippen LogP contribution < -0.4 is 5.73 Å². The molecule has 0 unspecified atom stereocenters. The highest BCUT2D eigenvalue weighted by molar-refractivity contribution is 5.69. The number of benzene rings is 1. The van der Waals surface area contributed by atoms with Gasteiger partial charge in [-0.25, -0.2) is 0 Å². The van der Waals surface area contributed by atoms with Gasteiger partial charge in [0.05, 0.1) is 5.92 Å². The van der Waals surface area contributed by atoms with Gasteiger partial charge >= 0.3 is 5.97 Å². The summed E-state index contributed by atoms with van der Waals surface area (Å²) < 4.78 is 0. The predicted octanol–water partition coefficient (Wildman–Crippen LogP) is 1.41. The van der Waals surface area contributed by atoms with Crippen LogP contribution in [-0.4, -0.2) is 11.1 Å². The third kappa shape index (κ3) is 2.85. The standard InChI is InChI=1S/C11H15NO2/c1-8(11(13)14)5-9-3-2-4-10(6-9)7-12/h2-4,6,8H,5,7,12H2,1H3,(H,13,14)/t8-/m0/s1. The van der Waals surface area contributed by atoms with Crippen LogP contribution in [0.15, 0.2) is 24.3 Å². The summed E-state index contributed by atoms with van der Waals surface area (Å²) in [5.74, 6) is -1.11. The second-order valence-electron chi connectivity index (χ2n) is 3.47. The summed E-state index contributed by atoms with van der Waals surface area (Å²) in [4.78, 5) is 10.6. The quantitative estimate of drug-likeness (QED) is 0.759. The Balaban J connectivity index is 2.71. The number of carboxylic acids is 1. The van der Waals surface area contributed by atoms with E-state index in [4.69, 9.17) is 10.8 Å². The maximum atomic E-state index is 10.6. The molecule has 0 heterocycles. The zero-order valence-corrected chi connectivity index (χ0v) is 8.23. The van der Waals surface area contributed by atoms with Gasteiger partial charge in [-0.05, 0) is 17.5 Å². The molecule has 0 aromatic heterocycles. The molecule has 0 saturated carbocycles. The fourth-order valence-electron chi connectivity index (χ4n) is 1.32. The lowest BCUT2D eigenvalue weighted by Crippen LogP contribution is -2.12. The molecular weight excluding hydrogens is 178 g/mol. The second kappa shape index (κ2) is 4.77. The highest BCUT2D eigenvalue weighted by Gasteiger charge is 2.11.